The van der Waals surface area contributed by atoms with Gasteiger partial charge in [0.15, 0.2) is 0 Å². The molecule has 0 unspecified atom stereocenters. The van der Waals surface area contributed by atoms with Gasteiger partial charge in [0.25, 0.3) is 0 Å². The number of methoxy groups -OCH3 is 1. The number of nitrogens with zero attached hydrogens (tertiary/aromatic N) is 2. The van der Waals surface area contributed by atoms with Gasteiger partial charge < -0.3 is 9.47 Å². The molecule has 0 saturated carbocycles. The number of hydrogen-bond acceptors (Lipinski definition) is 4. The monoisotopic (exact) mass is 388 g/mol. The molecule has 2 aliphatic rings. The second kappa shape index (κ2) is 7.75. The Morgan fingerprint density at radius 2 is 1.93 bits per heavy atom. The van der Waals surface area contributed by atoms with Crippen LogP contribution >= 0.6 is 0 Å². The molecule has 2 aromatic carbocycles. The Bertz CT molecular complexity index is 859. The van der Waals surface area contributed by atoms with Crippen molar-refractivity contribution in [1.29, 1.82) is 0 Å². The molecule has 2 aromatic rings. The van der Waals surface area contributed by atoms with Crippen LogP contribution in [-0.4, -0.2) is 54.8 Å². The summed E-state index contributed by atoms with van der Waals surface area (Å²) in [7, 11) is 1.62. The zero-order chi connectivity index (χ0) is 19.7. The van der Waals surface area contributed by atoms with Crippen LogP contribution in [0.1, 0.15) is 11.1 Å². The number of hydrogen-bond donors (Lipinski definition) is 0. The third-order valence-corrected chi connectivity index (χ3v) is 5.40. The van der Waals surface area contributed by atoms with Gasteiger partial charge in [-0.25, -0.2) is 13.6 Å². The first-order valence-corrected chi connectivity index (χ1v) is 9.30. The summed E-state index contributed by atoms with van der Waals surface area (Å²) in [6.45, 7) is 1.94. The van der Waals surface area contributed by atoms with E-state index in [1.807, 2.05) is 29.2 Å². The molecule has 2 atom stereocenters. The van der Waals surface area contributed by atoms with E-state index in [2.05, 4.69) is 0 Å². The van der Waals surface area contributed by atoms with Crippen LogP contribution in [0.25, 0.3) is 0 Å². The van der Waals surface area contributed by atoms with Crippen molar-refractivity contribution in [3.05, 3.63) is 65.2 Å². The van der Waals surface area contributed by atoms with Gasteiger partial charge >= 0.3 is 6.09 Å². The van der Waals surface area contributed by atoms with E-state index in [4.69, 9.17) is 9.47 Å². The molecule has 2 aliphatic heterocycles. The first-order valence-electron chi connectivity index (χ1n) is 9.30. The lowest BCUT2D eigenvalue weighted by Crippen LogP contribution is -2.39. The highest BCUT2D eigenvalue weighted by atomic mass is 19.1. The van der Waals surface area contributed by atoms with E-state index in [0.29, 0.717) is 38.2 Å². The van der Waals surface area contributed by atoms with Crippen LogP contribution in [0.3, 0.4) is 0 Å². The number of likely N-dealkylation sites (tertiary alicyclic amines) is 1. The number of benzene rings is 2. The predicted octanol–water partition coefficient (Wildman–Crippen LogP) is 3.22. The molecule has 2 saturated heterocycles. The Labute approximate surface area is 162 Å². The molecule has 4 rings (SSSR count). The summed E-state index contributed by atoms with van der Waals surface area (Å²) in [5.41, 5.74) is 1.42. The van der Waals surface area contributed by atoms with Crippen molar-refractivity contribution in [2.45, 2.75) is 25.1 Å². The van der Waals surface area contributed by atoms with E-state index >= 15 is 0 Å². The summed E-state index contributed by atoms with van der Waals surface area (Å²) in [5, 5.41) is 0. The summed E-state index contributed by atoms with van der Waals surface area (Å²) in [5.74, 6) is -0.0874. The van der Waals surface area contributed by atoms with Crippen LogP contribution in [0.2, 0.25) is 0 Å². The largest absolute Gasteiger partial charge is 0.497 e. The number of amides is 1. The lowest BCUT2D eigenvalue weighted by atomic mass is 10.1. The summed E-state index contributed by atoms with van der Waals surface area (Å²) in [4.78, 5) is 16.0. The highest BCUT2D eigenvalue weighted by Crippen LogP contribution is 2.28. The van der Waals surface area contributed by atoms with E-state index < -0.39 is 11.6 Å². The first kappa shape index (κ1) is 18.7. The normalized spacial score (nSPS) is 21.7. The molecule has 2 fully saturated rings. The molecule has 2 heterocycles. The highest BCUT2D eigenvalue weighted by Gasteiger charge is 2.47. The van der Waals surface area contributed by atoms with E-state index in [1.54, 1.807) is 12.0 Å². The molecular weight excluding hydrogens is 366 g/mol. The Balaban J connectivity index is 1.37. The molecule has 5 nitrogen and oxygen atoms in total. The van der Waals surface area contributed by atoms with Crippen LogP contribution in [0.4, 0.5) is 13.6 Å². The molecule has 0 aromatic heterocycles. The molecule has 0 N–H and O–H groups in total. The highest BCUT2D eigenvalue weighted by molar-refractivity contribution is 5.71. The lowest BCUT2D eigenvalue weighted by Gasteiger charge is -2.22. The van der Waals surface area contributed by atoms with E-state index in [9.17, 15) is 13.6 Å². The Kier molecular flexibility index (Phi) is 5.17. The maximum Gasteiger partial charge on any atom is 0.410 e. The van der Waals surface area contributed by atoms with Gasteiger partial charge in [-0.1, -0.05) is 12.1 Å². The second-order valence-electron chi connectivity index (χ2n) is 7.21. The maximum atomic E-state index is 13.9. The Hall–Kier alpha value is -2.67. The van der Waals surface area contributed by atoms with Crippen LogP contribution in [0.5, 0.6) is 5.75 Å². The summed E-state index contributed by atoms with van der Waals surface area (Å²) in [6.07, 6.45) is 0.168. The van der Waals surface area contributed by atoms with Gasteiger partial charge in [0, 0.05) is 31.7 Å². The smallest absolute Gasteiger partial charge is 0.410 e. The molecular formula is C21H22F2N2O3. The van der Waals surface area contributed by atoms with Crippen molar-refractivity contribution < 1.29 is 23.0 Å². The third kappa shape index (κ3) is 3.80. The number of halogens is 2. The van der Waals surface area contributed by atoms with Crippen molar-refractivity contribution in [3.8, 4) is 5.75 Å². The van der Waals surface area contributed by atoms with Crippen molar-refractivity contribution in [3.63, 3.8) is 0 Å². The zero-order valence-corrected chi connectivity index (χ0v) is 15.6. The van der Waals surface area contributed by atoms with Gasteiger partial charge in [0.05, 0.1) is 13.2 Å². The minimum absolute atomic E-state index is 0.0673. The summed E-state index contributed by atoms with van der Waals surface area (Å²) >= 11 is 0. The fourth-order valence-electron chi connectivity index (χ4n) is 3.91. The molecule has 7 heteroatoms. The maximum absolute atomic E-state index is 13.9. The number of carbonyl (C=O) groups is 1. The third-order valence-electron chi connectivity index (χ3n) is 5.40. The van der Waals surface area contributed by atoms with Gasteiger partial charge in [0.2, 0.25) is 0 Å². The van der Waals surface area contributed by atoms with E-state index in [1.165, 1.54) is 6.07 Å². The van der Waals surface area contributed by atoms with Gasteiger partial charge in [-0.05, 0) is 42.3 Å². The second-order valence-corrected chi connectivity index (χ2v) is 7.21. The lowest BCUT2D eigenvalue weighted by molar-refractivity contribution is 0.120. The average Bonchev–Trinajstić information content (AvgIpc) is 3.19. The SMILES string of the molecule is COc1ccc(CCN2C(=O)O[C@@H]3CN(Cc4cc(F)ccc4F)C[C@@H]32)cc1. The number of rotatable bonds is 6. The predicted molar refractivity (Wildman–Crippen MR) is 99.1 cm³/mol. The molecule has 1 amide bonds. The van der Waals surface area contributed by atoms with Gasteiger partial charge in [0.1, 0.15) is 23.5 Å². The zero-order valence-electron chi connectivity index (χ0n) is 15.6. The fourth-order valence-corrected chi connectivity index (χ4v) is 3.91. The van der Waals surface area contributed by atoms with Crippen molar-refractivity contribution in [2.24, 2.45) is 0 Å². The first-order chi connectivity index (χ1) is 13.5. The van der Waals surface area contributed by atoms with Gasteiger partial charge in [-0.2, -0.15) is 0 Å². The molecule has 0 radical (unpaired) electrons. The topological polar surface area (TPSA) is 42.0 Å². The van der Waals surface area contributed by atoms with E-state index in [0.717, 1.165) is 23.4 Å². The van der Waals surface area contributed by atoms with E-state index in [-0.39, 0.29) is 18.2 Å². The molecule has 148 valence electrons. The molecule has 28 heavy (non-hydrogen) atoms. The Morgan fingerprint density at radius 3 is 2.68 bits per heavy atom. The van der Waals surface area contributed by atoms with Crippen LogP contribution in [-0.2, 0) is 17.7 Å². The van der Waals surface area contributed by atoms with Gasteiger partial charge in [-0.3, -0.25) is 9.80 Å². The molecule has 0 aliphatic carbocycles. The summed E-state index contributed by atoms with van der Waals surface area (Å²) < 4.78 is 38.0. The molecule has 0 spiro atoms. The minimum Gasteiger partial charge on any atom is -0.497 e. The van der Waals surface area contributed by atoms with Crippen LogP contribution in [0.15, 0.2) is 42.5 Å². The number of ether oxygens (including phenoxy) is 2. The standard InChI is InChI=1S/C21H22F2N2O3/c1-27-17-5-2-14(3-6-17)8-9-25-19-12-24(13-20(19)28-21(25)26)11-15-10-16(22)4-7-18(15)23/h2-7,10,19-20H,8-9,11-13H2,1H3/t19-,20+/m0/s1. The quantitative estimate of drug-likeness (QED) is 0.762. The molecule has 0 bridgehead atoms. The Morgan fingerprint density at radius 1 is 1.14 bits per heavy atom. The van der Waals surface area contributed by atoms with Gasteiger partial charge in [-0.15, -0.1) is 0 Å². The fraction of sp³-hybridized carbons (Fsp3) is 0.381. The minimum atomic E-state index is -0.455. The number of fused-ring (bicyclic) bond motifs is 1. The van der Waals surface area contributed by atoms with Crippen LogP contribution < -0.4 is 4.74 Å². The van der Waals surface area contributed by atoms with Crippen molar-refractivity contribution in [1.82, 2.24) is 9.80 Å². The van der Waals surface area contributed by atoms with Crippen LogP contribution in [0, 0.1) is 11.6 Å². The summed E-state index contributed by atoms with van der Waals surface area (Å²) in [6, 6.07) is 11.1. The average molecular weight is 388 g/mol. The van der Waals surface area contributed by atoms with Crippen molar-refractivity contribution >= 4 is 6.09 Å². The number of carbonyl (C=O) groups excluding carboxylic acids is 1. The van der Waals surface area contributed by atoms with Crippen molar-refractivity contribution in [2.75, 3.05) is 26.7 Å².